The maximum atomic E-state index is 12.3. The Morgan fingerprint density at radius 2 is 1.96 bits per heavy atom. The van der Waals surface area contributed by atoms with Crippen molar-refractivity contribution in [2.75, 3.05) is 0 Å². The summed E-state index contributed by atoms with van der Waals surface area (Å²) in [5.74, 6) is 0.718. The van der Waals surface area contributed by atoms with Gasteiger partial charge in [-0.05, 0) is 17.2 Å². The minimum Gasteiger partial charge on any atom is -0.480 e. The molecular formula is C20H18N2O2S. The predicted octanol–water partition coefficient (Wildman–Crippen LogP) is 3.35. The molecule has 2 aromatic carbocycles. The second-order valence-electron chi connectivity index (χ2n) is 6.03. The number of nitrogens with zero attached hydrogens (tertiary/aromatic N) is 1. The lowest BCUT2D eigenvalue weighted by Gasteiger charge is -2.10. The summed E-state index contributed by atoms with van der Waals surface area (Å²) < 4.78 is 5.71. The van der Waals surface area contributed by atoms with Gasteiger partial charge in [0.25, 0.3) is 5.91 Å². The molecule has 1 aliphatic rings. The Bertz CT molecular complexity index is 851. The van der Waals surface area contributed by atoms with E-state index in [2.05, 4.69) is 22.4 Å². The molecule has 4 rings (SSSR count). The van der Waals surface area contributed by atoms with Crippen LogP contribution in [0.2, 0.25) is 0 Å². The number of ether oxygens (including phenoxy) is 1. The molecule has 0 spiro atoms. The summed E-state index contributed by atoms with van der Waals surface area (Å²) in [6, 6.07) is 18.0. The van der Waals surface area contributed by atoms with Gasteiger partial charge in [-0.25, -0.2) is 4.98 Å². The lowest BCUT2D eigenvalue weighted by Crippen LogP contribution is -2.37. The Hall–Kier alpha value is -2.66. The van der Waals surface area contributed by atoms with Crippen LogP contribution < -0.4 is 10.1 Å². The van der Waals surface area contributed by atoms with Crippen LogP contribution in [0.3, 0.4) is 0 Å². The first-order valence-electron chi connectivity index (χ1n) is 8.27. The van der Waals surface area contributed by atoms with Gasteiger partial charge in [0, 0.05) is 18.2 Å². The van der Waals surface area contributed by atoms with Crippen LogP contribution >= 0.6 is 11.3 Å². The fraction of sp³-hybridized carbons (Fsp3) is 0.200. The first-order chi connectivity index (χ1) is 12.3. The van der Waals surface area contributed by atoms with Gasteiger partial charge in [0.1, 0.15) is 5.75 Å². The number of rotatable bonds is 5. The number of carbonyl (C=O) groups is 1. The Kier molecular flexibility index (Phi) is 4.48. The molecule has 5 heteroatoms. The average molecular weight is 350 g/mol. The second-order valence-corrected chi connectivity index (χ2v) is 6.97. The van der Waals surface area contributed by atoms with E-state index in [0.717, 1.165) is 28.4 Å². The van der Waals surface area contributed by atoms with Crippen LogP contribution in [-0.2, 0) is 24.2 Å². The molecule has 4 nitrogen and oxygen atoms in total. The van der Waals surface area contributed by atoms with E-state index >= 15 is 0 Å². The molecule has 2 heterocycles. The molecule has 0 aliphatic carbocycles. The van der Waals surface area contributed by atoms with Crippen LogP contribution in [0, 0.1) is 0 Å². The van der Waals surface area contributed by atoms with Crippen LogP contribution in [0.4, 0.5) is 0 Å². The van der Waals surface area contributed by atoms with Crippen LogP contribution in [-0.4, -0.2) is 17.0 Å². The van der Waals surface area contributed by atoms with Crippen molar-refractivity contribution >= 4 is 17.2 Å². The summed E-state index contributed by atoms with van der Waals surface area (Å²) in [6.07, 6.45) is 0.999. The molecule has 0 fully saturated rings. The third-order valence-electron chi connectivity index (χ3n) is 4.18. The highest BCUT2D eigenvalue weighted by Gasteiger charge is 2.28. The number of carbonyl (C=O) groups excluding carboxylic acids is 1. The number of para-hydroxylation sites is 1. The number of nitrogens with one attached hydrogen (secondary N) is 1. The second kappa shape index (κ2) is 7.07. The van der Waals surface area contributed by atoms with Gasteiger partial charge in [-0.1, -0.05) is 48.5 Å². The van der Waals surface area contributed by atoms with Gasteiger partial charge in [-0.15, -0.1) is 11.3 Å². The maximum Gasteiger partial charge on any atom is 0.261 e. The Morgan fingerprint density at radius 1 is 1.16 bits per heavy atom. The maximum absolute atomic E-state index is 12.3. The highest BCUT2D eigenvalue weighted by molar-refractivity contribution is 7.09. The van der Waals surface area contributed by atoms with Crippen molar-refractivity contribution < 1.29 is 9.53 Å². The SMILES string of the molecule is O=C(NCc1csc(Cc2ccccc2)n1)C1Cc2ccccc2O1. The number of hydrogen-bond acceptors (Lipinski definition) is 4. The first-order valence-corrected chi connectivity index (χ1v) is 9.15. The number of fused-ring (bicyclic) bond motifs is 1. The lowest BCUT2D eigenvalue weighted by atomic mass is 10.1. The molecule has 126 valence electrons. The number of hydrogen-bond donors (Lipinski definition) is 1. The minimum atomic E-state index is -0.445. The normalized spacial score (nSPS) is 15.4. The number of amides is 1. The molecule has 0 bridgehead atoms. The quantitative estimate of drug-likeness (QED) is 0.768. The Balaban J connectivity index is 1.31. The van der Waals surface area contributed by atoms with Gasteiger partial charge >= 0.3 is 0 Å². The van der Waals surface area contributed by atoms with Crippen molar-refractivity contribution in [3.8, 4) is 5.75 Å². The van der Waals surface area contributed by atoms with E-state index in [1.807, 2.05) is 47.8 Å². The predicted molar refractivity (Wildman–Crippen MR) is 97.8 cm³/mol. The average Bonchev–Trinajstić information content (AvgIpc) is 3.27. The van der Waals surface area contributed by atoms with Crippen molar-refractivity contribution in [2.45, 2.75) is 25.5 Å². The molecule has 1 unspecified atom stereocenters. The third kappa shape index (κ3) is 3.72. The number of aromatic nitrogens is 1. The zero-order valence-corrected chi connectivity index (χ0v) is 14.5. The molecule has 0 saturated heterocycles. The van der Waals surface area contributed by atoms with Crippen molar-refractivity contribution in [1.82, 2.24) is 10.3 Å². The van der Waals surface area contributed by atoms with Crippen LogP contribution in [0.25, 0.3) is 0 Å². The molecule has 25 heavy (non-hydrogen) atoms. The van der Waals surface area contributed by atoms with Crippen LogP contribution in [0.1, 0.15) is 21.8 Å². The standard InChI is InChI=1S/C20H18N2O2S/c23-20(18-11-15-8-4-5-9-17(15)24-18)21-12-16-13-25-19(22-16)10-14-6-2-1-3-7-14/h1-9,13,18H,10-12H2,(H,21,23). The van der Waals surface area contributed by atoms with Gasteiger partial charge in [0.2, 0.25) is 0 Å². The topological polar surface area (TPSA) is 51.2 Å². The zero-order chi connectivity index (χ0) is 17.1. The Morgan fingerprint density at radius 3 is 2.80 bits per heavy atom. The smallest absolute Gasteiger partial charge is 0.261 e. The van der Waals surface area contributed by atoms with Crippen LogP contribution in [0.15, 0.2) is 60.0 Å². The first kappa shape index (κ1) is 15.8. The highest BCUT2D eigenvalue weighted by Crippen LogP contribution is 2.28. The summed E-state index contributed by atoms with van der Waals surface area (Å²) in [4.78, 5) is 16.9. The molecule has 1 N–H and O–H groups in total. The molecule has 1 amide bonds. The molecular weight excluding hydrogens is 332 g/mol. The summed E-state index contributed by atoms with van der Waals surface area (Å²) in [5.41, 5.74) is 3.21. The van der Waals surface area contributed by atoms with E-state index in [-0.39, 0.29) is 5.91 Å². The molecule has 0 saturated carbocycles. The summed E-state index contributed by atoms with van der Waals surface area (Å²) in [7, 11) is 0. The minimum absolute atomic E-state index is 0.0891. The molecule has 3 aromatic rings. The van der Waals surface area contributed by atoms with Gasteiger partial charge in [-0.3, -0.25) is 4.79 Å². The van der Waals surface area contributed by atoms with E-state index in [0.29, 0.717) is 13.0 Å². The summed E-state index contributed by atoms with van der Waals surface area (Å²) >= 11 is 1.62. The van der Waals surface area contributed by atoms with Crippen molar-refractivity contribution in [1.29, 1.82) is 0 Å². The largest absolute Gasteiger partial charge is 0.480 e. The van der Waals surface area contributed by atoms with Crippen LogP contribution in [0.5, 0.6) is 5.75 Å². The van der Waals surface area contributed by atoms with E-state index < -0.39 is 6.10 Å². The molecule has 0 radical (unpaired) electrons. The van der Waals surface area contributed by atoms with Gasteiger partial charge in [0.05, 0.1) is 17.2 Å². The highest BCUT2D eigenvalue weighted by atomic mass is 32.1. The van der Waals surface area contributed by atoms with Crippen molar-refractivity contribution in [3.05, 3.63) is 81.8 Å². The fourth-order valence-corrected chi connectivity index (χ4v) is 3.73. The van der Waals surface area contributed by atoms with Gasteiger partial charge in [0.15, 0.2) is 6.10 Å². The number of thiazole rings is 1. The van der Waals surface area contributed by atoms with E-state index in [9.17, 15) is 4.79 Å². The lowest BCUT2D eigenvalue weighted by molar-refractivity contribution is -0.127. The zero-order valence-electron chi connectivity index (χ0n) is 13.6. The van der Waals surface area contributed by atoms with Gasteiger partial charge < -0.3 is 10.1 Å². The third-order valence-corrected chi connectivity index (χ3v) is 5.08. The molecule has 1 atom stereocenters. The van der Waals surface area contributed by atoms with E-state index in [4.69, 9.17) is 4.74 Å². The van der Waals surface area contributed by atoms with Crippen molar-refractivity contribution in [2.24, 2.45) is 0 Å². The van der Waals surface area contributed by atoms with E-state index in [1.54, 1.807) is 11.3 Å². The number of benzene rings is 2. The monoisotopic (exact) mass is 350 g/mol. The van der Waals surface area contributed by atoms with Gasteiger partial charge in [-0.2, -0.15) is 0 Å². The van der Waals surface area contributed by atoms with Crippen molar-refractivity contribution in [3.63, 3.8) is 0 Å². The fourth-order valence-electron chi connectivity index (χ4n) is 2.90. The Labute approximate surface area is 150 Å². The summed E-state index contributed by atoms with van der Waals surface area (Å²) in [5, 5.41) is 5.99. The van der Waals surface area contributed by atoms with E-state index in [1.165, 1.54) is 5.56 Å². The summed E-state index contributed by atoms with van der Waals surface area (Å²) in [6.45, 7) is 0.431. The molecule has 1 aliphatic heterocycles. The molecule has 1 aromatic heterocycles.